The van der Waals surface area contributed by atoms with Crippen molar-refractivity contribution in [3.63, 3.8) is 0 Å². The normalized spacial score (nSPS) is 15.9. The third-order valence-electron chi connectivity index (χ3n) is 1.79. The minimum Gasteiger partial charge on any atom is -0.460 e. The van der Waals surface area contributed by atoms with Crippen LogP contribution in [0.25, 0.3) is 0 Å². The Morgan fingerprint density at radius 1 is 1.40 bits per heavy atom. The van der Waals surface area contributed by atoms with E-state index in [1.807, 2.05) is 27.7 Å². The second-order valence-corrected chi connectivity index (χ2v) is 6.14. The summed E-state index contributed by atoms with van der Waals surface area (Å²) < 4.78 is 5.17. The molecule has 0 aliphatic heterocycles. The molecule has 0 saturated carbocycles. The summed E-state index contributed by atoms with van der Waals surface area (Å²) in [5.74, 6) is 0.522. The fourth-order valence-electron chi connectivity index (χ4n) is 0.860. The fraction of sp³-hybridized carbons (Fsp3) is 0.909. The van der Waals surface area contributed by atoms with Gasteiger partial charge in [-0.2, -0.15) is 11.8 Å². The molecule has 0 heterocycles. The third-order valence-corrected chi connectivity index (χ3v) is 3.15. The number of thioether (sulfide) groups is 1. The van der Waals surface area contributed by atoms with E-state index in [0.717, 1.165) is 0 Å². The van der Waals surface area contributed by atoms with E-state index in [-0.39, 0.29) is 17.3 Å². The van der Waals surface area contributed by atoms with Crippen LogP contribution in [0.2, 0.25) is 0 Å². The zero-order valence-electron chi connectivity index (χ0n) is 10.2. The van der Waals surface area contributed by atoms with Gasteiger partial charge >= 0.3 is 5.97 Å². The lowest BCUT2D eigenvalue weighted by Crippen LogP contribution is -2.24. The second-order valence-electron chi connectivity index (χ2n) is 4.65. The highest BCUT2D eigenvalue weighted by Gasteiger charge is 2.16. The predicted molar refractivity (Wildman–Crippen MR) is 64.1 cm³/mol. The molecule has 0 saturated heterocycles. The molecule has 0 radical (unpaired) electrons. The molecular weight excluding hydrogens is 212 g/mol. The minimum atomic E-state index is -0.405. The average molecular weight is 234 g/mol. The molecule has 0 bridgehead atoms. The first-order valence-electron chi connectivity index (χ1n) is 5.24. The van der Waals surface area contributed by atoms with E-state index in [4.69, 9.17) is 4.74 Å². The first-order valence-corrected chi connectivity index (χ1v) is 6.29. The molecule has 3 nitrogen and oxygen atoms in total. The standard InChI is InChI=1S/C11H22O3S/c1-8(12)9(2)15-7-6-10(13)14-11(3,4)5/h8-9,12H,6-7H2,1-5H3. The molecule has 90 valence electrons. The number of ether oxygens (including phenoxy) is 1. The van der Waals surface area contributed by atoms with Crippen LogP contribution in [-0.2, 0) is 9.53 Å². The maximum absolute atomic E-state index is 11.3. The molecular formula is C11H22O3S. The number of esters is 1. The maximum Gasteiger partial charge on any atom is 0.307 e. The van der Waals surface area contributed by atoms with E-state index < -0.39 is 5.60 Å². The van der Waals surface area contributed by atoms with Crippen LogP contribution < -0.4 is 0 Å². The van der Waals surface area contributed by atoms with Gasteiger partial charge in [0.15, 0.2) is 0 Å². The Balaban J connectivity index is 3.65. The fourth-order valence-corrected chi connectivity index (χ4v) is 1.79. The number of carbonyl (C=O) groups excluding carboxylic acids is 1. The SMILES string of the molecule is CC(O)C(C)SCCC(=O)OC(C)(C)C. The second kappa shape index (κ2) is 6.38. The predicted octanol–water partition coefficient (Wildman–Crippen LogP) is 2.22. The molecule has 0 aromatic heterocycles. The Morgan fingerprint density at radius 2 is 1.93 bits per heavy atom. The number of carbonyl (C=O) groups is 1. The van der Waals surface area contributed by atoms with Crippen molar-refractivity contribution in [3.8, 4) is 0 Å². The van der Waals surface area contributed by atoms with Crippen molar-refractivity contribution < 1.29 is 14.6 Å². The van der Waals surface area contributed by atoms with Gasteiger partial charge < -0.3 is 9.84 Å². The van der Waals surface area contributed by atoms with Crippen LogP contribution in [0.5, 0.6) is 0 Å². The Bertz CT molecular complexity index is 196. The highest BCUT2D eigenvalue weighted by molar-refractivity contribution is 7.99. The molecule has 0 aromatic rings. The van der Waals surface area contributed by atoms with Crippen molar-refractivity contribution in [2.45, 2.75) is 58.0 Å². The maximum atomic E-state index is 11.3. The molecule has 4 heteroatoms. The molecule has 2 atom stereocenters. The van der Waals surface area contributed by atoms with Gasteiger partial charge in [0, 0.05) is 11.0 Å². The summed E-state index contributed by atoms with van der Waals surface area (Å²) in [4.78, 5) is 11.3. The molecule has 0 spiro atoms. The zero-order valence-corrected chi connectivity index (χ0v) is 11.1. The van der Waals surface area contributed by atoms with Crippen LogP contribution in [-0.4, -0.2) is 33.8 Å². The van der Waals surface area contributed by atoms with Crippen LogP contribution in [0.1, 0.15) is 41.0 Å². The van der Waals surface area contributed by atoms with Crippen molar-refractivity contribution in [2.24, 2.45) is 0 Å². The van der Waals surface area contributed by atoms with Crippen LogP contribution in [0.3, 0.4) is 0 Å². The van der Waals surface area contributed by atoms with Crippen molar-refractivity contribution in [1.82, 2.24) is 0 Å². The molecule has 1 N–H and O–H groups in total. The first-order chi connectivity index (χ1) is 6.72. The molecule has 0 aromatic carbocycles. The zero-order chi connectivity index (χ0) is 12.1. The monoisotopic (exact) mass is 234 g/mol. The average Bonchev–Trinajstić information content (AvgIpc) is 2.00. The molecule has 0 aliphatic rings. The van der Waals surface area contributed by atoms with Gasteiger partial charge in [0.2, 0.25) is 0 Å². The van der Waals surface area contributed by atoms with Gasteiger partial charge in [-0.1, -0.05) is 6.92 Å². The van der Waals surface area contributed by atoms with E-state index in [9.17, 15) is 9.90 Å². The number of rotatable bonds is 5. The van der Waals surface area contributed by atoms with Crippen LogP contribution >= 0.6 is 11.8 Å². The molecule has 2 unspecified atom stereocenters. The van der Waals surface area contributed by atoms with Gasteiger partial charge in [0.1, 0.15) is 5.60 Å². The van der Waals surface area contributed by atoms with Crippen LogP contribution in [0.15, 0.2) is 0 Å². The van der Waals surface area contributed by atoms with Gasteiger partial charge in [-0.25, -0.2) is 0 Å². The number of hydrogen-bond acceptors (Lipinski definition) is 4. The van der Waals surface area contributed by atoms with Crippen molar-refractivity contribution in [3.05, 3.63) is 0 Å². The van der Waals surface area contributed by atoms with Gasteiger partial charge in [-0.15, -0.1) is 0 Å². The van der Waals surface area contributed by atoms with Crippen LogP contribution in [0, 0.1) is 0 Å². The molecule has 0 rings (SSSR count). The number of hydrogen-bond donors (Lipinski definition) is 1. The highest BCUT2D eigenvalue weighted by Crippen LogP contribution is 2.16. The van der Waals surface area contributed by atoms with Gasteiger partial charge in [-0.05, 0) is 27.7 Å². The van der Waals surface area contributed by atoms with Crippen molar-refractivity contribution in [2.75, 3.05) is 5.75 Å². The molecule has 0 aliphatic carbocycles. The van der Waals surface area contributed by atoms with Crippen molar-refractivity contribution >= 4 is 17.7 Å². The minimum absolute atomic E-state index is 0.160. The summed E-state index contributed by atoms with van der Waals surface area (Å²) in [6.07, 6.45) is 0.0626. The number of aliphatic hydroxyl groups is 1. The summed E-state index contributed by atoms with van der Waals surface area (Å²) in [6, 6.07) is 0. The van der Waals surface area contributed by atoms with Gasteiger partial charge in [-0.3, -0.25) is 4.79 Å². The largest absolute Gasteiger partial charge is 0.460 e. The lowest BCUT2D eigenvalue weighted by Gasteiger charge is -2.20. The van der Waals surface area contributed by atoms with E-state index in [2.05, 4.69) is 0 Å². The van der Waals surface area contributed by atoms with E-state index >= 15 is 0 Å². The smallest absolute Gasteiger partial charge is 0.307 e. The van der Waals surface area contributed by atoms with E-state index in [0.29, 0.717) is 12.2 Å². The van der Waals surface area contributed by atoms with E-state index in [1.54, 1.807) is 18.7 Å². The number of aliphatic hydroxyl groups excluding tert-OH is 1. The van der Waals surface area contributed by atoms with Crippen LogP contribution in [0.4, 0.5) is 0 Å². The summed E-state index contributed by atoms with van der Waals surface area (Å²) in [5, 5.41) is 9.40. The van der Waals surface area contributed by atoms with Gasteiger partial charge in [0.05, 0.1) is 12.5 Å². The third kappa shape index (κ3) is 8.75. The highest BCUT2D eigenvalue weighted by atomic mass is 32.2. The first kappa shape index (κ1) is 14.8. The molecule has 0 fully saturated rings. The summed E-state index contributed by atoms with van der Waals surface area (Å²) in [6.45, 7) is 9.28. The lowest BCUT2D eigenvalue weighted by atomic mass is 10.2. The summed E-state index contributed by atoms with van der Waals surface area (Å²) >= 11 is 1.59. The van der Waals surface area contributed by atoms with Crippen molar-refractivity contribution in [1.29, 1.82) is 0 Å². The Kier molecular flexibility index (Phi) is 6.29. The Labute approximate surface area is 96.6 Å². The Hall–Kier alpha value is -0.220. The quantitative estimate of drug-likeness (QED) is 0.741. The summed E-state index contributed by atoms with van der Waals surface area (Å²) in [7, 11) is 0. The Morgan fingerprint density at radius 3 is 2.33 bits per heavy atom. The lowest BCUT2D eigenvalue weighted by molar-refractivity contribution is -0.154. The summed E-state index contributed by atoms with van der Waals surface area (Å²) in [5.41, 5.74) is -0.405. The molecule has 0 amide bonds. The van der Waals surface area contributed by atoms with E-state index in [1.165, 1.54) is 0 Å². The topological polar surface area (TPSA) is 46.5 Å². The molecule has 15 heavy (non-hydrogen) atoms. The van der Waals surface area contributed by atoms with Gasteiger partial charge in [0.25, 0.3) is 0 Å².